The molecule has 0 radical (unpaired) electrons. The predicted molar refractivity (Wildman–Crippen MR) is 89.5 cm³/mol. The fourth-order valence-electron chi connectivity index (χ4n) is 3.43. The van der Waals surface area contributed by atoms with Crippen molar-refractivity contribution in [3.05, 3.63) is 64.8 Å². The largest absolute Gasteiger partial charge is 0.497 e. The quantitative estimate of drug-likeness (QED) is 0.776. The molecule has 2 aromatic carbocycles. The lowest BCUT2D eigenvalue weighted by Gasteiger charge is -2.14. The smallest absolute Gasteiger partial charge is 0.119 e. The Morgan fingerprint density at radius 3 is 2.95 bits per heavy atom. The van der Waals surface area contributed by atoms with E-state index in [4.69, 9.17) is 4.74 Å². The Morgan fingerprint density at radius 2 is 2.05 bits per heavy atom. The second-order valence-electron chi connectivity index (χ2n) is 5.88. The van der Waals surface area contributed by atoms with Crippen LogP contribution in [0.4, 0.5) is 0 Å². The molecule has 1 aliphatic heterocycles. The van der Waals surface area contributed by atoms with Crippen LogP contribution in [0.25, 0.3) is 10.9 Å². The third kappa shape index (κ3) is 2.28. The standard InChI is InChI=1S/C19H20N2O/c1-22-15-6-2-4-13(11-15)10-14-5-3-7-18-19(14)16-12-20-9-8-17(16)21-18/h2-7,11,20-21H,8-10,12H2,1H3. The van der Waals surface area contributed by atoms with E-state index in [1.54, 1.807) is 7.11 Å². The molecule has 2 N–H and O–H groups in total. The van der Waals surface area contributed by atoms with Gasteiger partial charge >= 0.3 is 0 Å². The average molecular weight is 292 g/mol. The molecule has 3 aromatic rings. The summed E-state index contributed by atoms with van der Waals surface area (Å²) in [5.74, 6) is 0.919. The van der Waals surface area contributed by atoms with Crippen molar-refractivity contribution in [3.63, 3.8) is 0 Å². The van der Waals surface area contributed by atoms with Gasteiger partial charge in [-0.3, -0.25) is 0 Å². The number of nitrogens with one attached hydrogen (secondary N) is 2. The Labute approximate surface area is 130 Å². The van der Waals surface area contributed by atoms with Crippen LogP contribution in [0.5, 0.6) is 5.75 Å². The van der Waals surface area contributed by atoms with Crippen molar-refractivity contribution in [3.8, 4) is 5.75 Å². The fraction of sp³-hybridized carbons (Fsp3) is 0.263. The third-order valence-corrected chi connectivity index (χ3v) is 4.48. The summed E-state index contributed by atoms with van der Waals surface area (Å²) in [6.07, 6.45) is 2.02. The molecule has 0 saturated heterocycles. The molecule has 112 valence electrons. The topological polar surface area (TPSA) is 37.0 Å². The number of hydrogen-bond acceptors (Lipinski definition) is 2. The van der Waals surface area contributed by atoms with Crippen molar-refractivity contribution >= 4 is 10.9 Å². The van der Waals surface area contributed by atoms with Gasteiger partial charge in [0.15, 0.2) is 0 Å². The van der Waals surface area contributed by atoms with Crippen LogP contribution in [-0.2, 0) is 19.4 Å². The lowest BCUT2D eigenvalue weighted by Crippen LogP contribution is -2.23. The minimum Gasteiger partial charge on any atom is -0.497 e. The summed E-state index contributed by atoms with van der Waals surface area (Å²) in [6, 6.07) is 14.9. The van der Waals surface area contributed by atoms with Crippen LogP contribution in [0, 0.1) is 0 Å². The molecular formula is C19H20N2O. The first kappa shape index (κ1) is 13.4. The first-order chi connectivity index (χ1) is 10.8. The van der Waals surface area contributed by atoms with E-state index >= 15 is 0 Å². The monoisotopic (exact) mass is 292 g/mol. The maximum atomic E-state index is 5.34. The lowest BCUT2D eigenvalue weighted by atomic mass is 9.97. The maximum absolute atomic E-state index is 5.34. The summed E-state index contributed by atoms with van der Waals surface area (Å²) in [5, 5.41) is 4.88. The van der Waals surface area contributed by atoms with Gasteiger partial charge in [-0.15, -0.1) is 0 Å². The van der Waals surface area contributed by atoms with Gasteiger partial charge in [-0.25, -0.2) is 0 Å². The van der Waals surface area contributed by atoms with Gasteiger partial charge in [0.05, 0.1) is 7.11 Å². The zero-order valence-electron chi connectivity index (χ0n) is 12.8. The Balaban J connectivity index is 1.79. The van der Waals surface area contributed by atoms with Crippen molar-refractivity contribution in [2.24, 2.45) is 0 Å². The molecular weight excluding hydrogens is 272 g/mol. The molecule has 1 aromatic heterocycles. The van der Waals surface area contributed by atoms with E-state index in [1.807, 2.05) is 6.07 Å². The highest BCUT2D eigenvalue weighted by Gasteiger charge is 2.17. The normalized spacial score (nSPS) is 14.0. The summed E-state index contributed by atoms with van der Waals surface area (Å²) in [5.41, 5.74) is 6.76. The Hall–Kier alpha value is -2.26. The van der Waals surface area contributed by atoms with Crippen LogP contribution in [0.1, 0.15) is 22.4 Å². The number of benzene rings is 2. The zero-order chi connectivity index (χ0) is 14.9. The van der Waals surface area contributed by atoms with Gasteiger partial charge < -0.3 is 15.0 Å². The molecule has 0 fully saturated rings. The summed E-state index contributed by atoms with van der Waals surface area (Å²) < 4.78 is 5.34. The Morgan fingerprint density at radius 1 is 1.14 bits per heavy atom. The van der Waals surface area contributed by atoms with Gasteiger partial charge in [-0.2, -0.15) is 0 Å². The molecule has 3 heteroatoms. The first-order valence-electron chi connectivity index (χ1n) is 7.80. The van der Waals surface area contributed by atoms with Crippen molar-refractivity contribution in [2.45, 2.75) is 19.4 Å². The number of aromatic nitrogens is 1. The van der Waals surface area contributed by atoms with E-state index in [0.717, 1.165) is 31.7 Å². The molecule has 0 aliphatic carbocycles. The Kier molecular flexibility index (Phi) is 3.35. The van der Waals surface area contributed by atoms with Crippen molar-refractivity contribution < 1.29 is 4.74 Å². The summed E-state index contributed by atoms with van der Waals surface area (Å²) in [6.45, 7) is 2.02. The fourth-order valence-corrected chi connectivity index (χ4v) is 3.43. The number of hydrogen-bond donors (Lipinski definition) is 2. The second kappa shape index (κ2) is 5.50. The van der Waals surface area contributed by atoms with Crippen LogP contribution in [-0.4, -0.2) is 18.6 Å². The molecule has 0 amide bonds. The molecule has 1 aliphatic rings. The van der Waals surface area contributed by atoms with E-state index in [0.29, 0.717) is 0 Å². The summed E-state index contributed by atoms with van der Waals surface area (Å²) in [4.78, 5) is 3.60. The molecule has 0 bridgehead atoms. The molecule has 2 heterocycles. The highest BCUT2D eigenvalue weighted by atomic mass is 16.5. The molecule has 4 rings (SSSR count). The van der Waals surface area contributed by atoms with Crippen LogP contribution in [0.2, 0.25) is 0 Å². The van der Waals surface area contributed by atoms with E-state index in [1.165, 1.54) is 33.3 Å². The number of aromatic amines is 1. The van der Waals surface area contributed by atoms with Gasteiger partial charge in [0.2, 0.25) is 0 Å². The van der Waals surface area contributed by atoms with Gasteiger partial charge in [-0.05, 0) is 41.3 Å². The van der Waals surface area contributed by atoms with Gasteiger partial charge in [-0.1, -0.05) is 24.3 Å². The molecule has 3 nitrogen and oxygen atoms in total. The molecule has 0 atom stereocenters. The minimum absolute atomic E-state index is 0.919. The van der Waals surface area contributed by atoms with Crippen molar-refractivity contribution in [2.75, 3.05) is 13.7 Å². The number of fused-ring (bicyclic) bond motifs is 3. The van der Waals surface area contributed by atoms with Gasteiger partial charge in [0, 0.05) is 36.1 Å². The Bertz CT molecular complexity index is 819. The molecule has 22 heavy (non-hydrogen) atoms. The SMILES string of the molecule is COc1cccc(Cc2cccc3[nH]c4c(c23)CNCC4)c1. The summed E-state index contributed by atoms with van der Waals surface area (Å²) in [7, 11) is 1.72. The zero-order valence-corrected chi connectivity index (χ0v) is 12.8. The third-order valence-electron chi connectivity index (χ3n) is 4.48. The minimum atomic E-state index is 0.919. The van der Waals surface area contributed by atoms with Crippen LogP contribution < -0.4 is 10.1 Å². The van der Waals surface area contributed by atoms with E-state index in [-0.39, 0.29) is 0 Å². The van der Waals surface area contributed by atoms with Crippen molar-refractivity contribution in [1.29, 1.82) is 0 Å². The number of methoxy groups -OCH3 is 1. The maximum Gasteiger partial charge on any atom is 0.119 e. The van der Waals surface area contributed by atoms with E-state index in [2.05, 4.69) is 46.7 Å². The van der Waals surface area contributed by atoms with Crippen molar-refractivity contribution in [1.82, 2.24) is 10.3 Å². The lowest BCUT2D eigenvalue weighted by molar-refractivity contribution is 0.414. The highest BCUT2D eigenvalue weighted by Crippen LogP contribution is 2.29. The summed E-state index contributed by atoms with van der Waals surface area (Å²) >= 11 is 0. The van der Waals surface area contributed by atoms with Gasteiger partial charge in [0.1, 0.15) is 5.75 Å². The van der Waals surface area contributed by atoms with Crippen LogP contribution in [0.3, 0.4) is 0 Å². The van der Waals surface area contributed by atoms with E-state index in [9.17, 15) is 0 Å². The number of H-pyrrole nitrogens is 1. The highest BCUT2D eigenvalue weighted by molar-refractivity contribution is 5.88. The molecule has 0 saturated carbocycles. The average Bonchev–Trinajstić information content (AvgIpc) is 2.94. The first-order valence-corrected chi connectivity index (χ1v) is 7.80. The second-order valence-corrected chi connectivity index (χ2v) is 5.88. The number of ether oxygens (including phenoxy) is 1. The molecule has 0 spiro atoms. The van der Waals surface area contributed by atoms with Crippen LogP contribution >= 0.6 is 0 Å². The van der Waals surface area contributed by atoms with Gasteiger partial charge in [0.25, 0.3) is 0 Å². The van der Waals surface area contributed by atoms with E-state index < -0.39 is 0 Å². The van der Waals surface area contributed by atoms with Crippen LogP contribution in [0.15, 0.2) is 42.5 Å². The number of rotatable bonds is 3. The predicted octanol–water partition coefficient (Wildman–Crippen LogP) is 3.41. The molecule has 0 unspecified atom stereocenters.